The Labute approximate surface area is 170 Å². The second-order valence-corrected chi connectivity index (χ2v) is 2.42. The summed E-state index contributed by atoms with van der Waals surface area (Å²) < 4.78 is 0. The van der Waals surface area contributed by atoms with Gasteiger partial charge in [-0.05, 0) is 7.05 Å². The van der Waals surface area contributed by atoms with Gasteiger partial charge in [0.1, 0.15) is 5.60 Å². The van der Waals surface area contributed by atoms with Crippen LogP contribution in [-0.4, -0.2) is 35.7 Å². The van der Waals surface area contributed by atoms with Crippen LogP contribution in [0.2, 0.25) is 0 Å². The van der Waals surface area contributed by atoms with E-state index in [0.717, 1.165) is 0 Å². The third kappa shape index (κ3) is 15.4. The zero-order valence-corrected chi connectivity index (χ0v) is 16.9. The van der Waals surface area contributed by atoms with Crippen molar-refractivity contribution in [2.75, 3.05) is 7.05 Å². The van der Waals surface area contributed by atoms with E-state index in [-0.39, 0.29) is 88.7 Å². The average Bonchev–Trinajstić information content (AvgIpc) is 2.04. The van der Waals surface area contributed by atoms with Crippen molar-refractivity contribution in [3.8, 4) is 0 Å². The van der Waals surface area contributed by atoms with Gasteiger partial charge in [-0.15, -0.1) is 0 Å². The van der Waals surface area contributed by atoms with Gasteiger partial charge in [-0.1, -0.05) is 0 Å². The van der Waals surface area contributed by atoms with Crippen LogP contribution in [0, 0.1) is 0 Å². The SMILES string of the molecule is CN.O=C([O-])CC(O)(CC(=O)[O-])C(=O)[O-].[Na+].[Na+].[Na+]. The molecule has 8 nitrogen and oxygen atoms in total. The van der Waals surface area contributed by atoms with Crippen molar-refractivity contribution in [2.45, 2.75) is 18.4 Å². The monoisotopic (exact) mass is 289 g/mol. The van der Waals surface area contributed by atoms with Crippen molar-refractivity contribution in [1.29, 1.82) is 0 Å². The summed E-state index contributed by atoms with van der Waals surface area (Å²) in [6.45, 7) is 0. The number of hydrogen-bond acceptors (Lipinski definition) is 8. The fraction of sp³-hybridized carbons (Fsp3) is 0.571. The molecule has 0 radical (unpaired) electrons. The quantitative estimate of drug-likeness (QED) is 0.470. The second-order valence-electron chi connectivity index (χ2n) is 2.42. The maximum absolute atomic E-state index is 10.1. The standard InChI is InChI=1S/C6H8O7.CH5N.3Na/c7-3(8)1-6(13,5(11)12)2-4(9)10;1-2;;;/h13H,1-2H2,(H,7,8)(H,9,10)(H,11,12);2H2,1H3;;;/q;;3*+1/p-3. The molecule has 0 aromatic carbocycles. The molecule has 0 heterocycles. The van der Waals surface area contributed by atoms with Gasteiger partial charge in [0, 0.05) is 24.8 Å². The van der Waals surface area contributed by atoms with Gasteiger partial charge in [0.2, 0.25) is 0 Å². The zero-order valence-electron chi connectivity index (χ0n) is 10.9. The topological polar surface area (TPSA) is 167 Å². The van der Waals surface area contributed by atoms with E-state index in [1.807, 2.05) is 0 Å². The van der Waals surface area contributed by atoms with Crippen LogP contribution in [-0.2, 0) is 14.4 Å². The Morgan fingerprint density at radius 2 is 1.17 bits per heavy atom. The van der Waals surface area contributed by atoms with E-state index in [4.69, 9.17) is 5.11 Å². The van der Waals surface area contributed by atoms with Gasteiger partial charge in [-0.25, -0.2) is 0 Å². The third-order valence-corrected chi connectivity index (χ3v) is 1.25. The Morgan fingerprint density at radius 3 is 1.28 bits per heavy atom. The summed E-state index contributed by atoms with van der Waals surface area (Å²) in [5.41, 5.74) is 1.53. The summed E-state index contributed by atoms with van der Waals surface area (Å²) in [6, 6.07) is 0. The summed E-state index contributed by atoms with van der Waals surface area (Å²) >= 11 is 0. The number of carboxylic acid groups (broad SMARTS) is 3. The molecular weight excluding hydrogens is 279 g/mol. The van der Waals surface area contributed by atoms with E-state index < -0.39 is 36.4 Å². The fourth-order valence-electron chi connectivity index (χ4n) is 0.684. The maximum Gasteiger partial charge on any atom is 1.00 e. The van der Waals surface area contributed by atoms with Crippen LogP contribution in [0.4, 0.5) is 0 Å². The number of aliphatic hydroxyl groups is 1. The van der Waals surface area contributed by atoms with Crippen LogP contribution in [0.25, 0.3) is 0 Å². The molecular formula is C7H10NNa3O7. The number of hydrogen-bond donors (Lipinski definition) is 2. The average molecular weight is 289 g/mol. The third-order valence-electron chi connectivity index (χ3n) is 1.25. The van der Waals surface area contributed by atoms with E-state index in [1.165, 1.54) is 7.05 Å². The van der Waals surface area contributed by atoms with E-state index in [2.05, 4.69) is 5.73 Å². The van der Waals surface area contributed by atoms with Crippen molar-refractivity contribution in [1.82, 2.24) is 0 Å². The van der Waals surface area contributed by atoms with Gasteiger partial charge in [0.25, 0.3) is 0 Å². The Balaban J connectivity index is -0.000000107. The molecule has 0 atom stereocenters. The molecule has 0 saturated carbocycles. The number of carbonyl (C=O) groups excluding carboxylic acids is 3. The molecule has 3 N–H and O–H groups in total. The molecule has 0 aliphatic carbocycles. The molecule has 18 heavy (non-hydrogen) atoms. The van der Waals surface area contributed by atoms with Gasteiger partial charge in [0.05, 0.1) is 5.97 Å². The van der Waals surface area contributed by atoms with Crippen molar-refractivity contribution >= 4 is 17.9 Å². The van der Waals surface area contributed by atoms with Crippen LogP contribution in [0.1, 0.15) is 12.8 Å². The number of carboxylic acids is 3. The molecule has 0 amide bonds. The molecule has 0 saturated heterocycles. The Kier molecular flexibility index (Phi) is 28.8. The van der Waals surface area contributed by atoms with Gasteiger partial charge in [0.15, 0.2) is 0 Å². The van der Waals surface area contributed by atoms with E-state index in [9.17, 15) is 29.7 Å². The van der Waals surface area contributed by atoms with Crippen molar-refractivity contribution in [3.05, 3.63) is 0 Å². The normalized spacial score (nSPS) is 8.17. The second kappa shape index (κ2) is 16.4. The van der Waals surface area contributed by atoms with Gasteiger partial charge < -0.3 is 40.5 Å². The van der Waals surface area contributed by atoms with Crippen molar-refractivity contribution in [2.24, 2.45) is 5.73 Å². The van der Waals surface area contributed by atoms with Crippen LogP contribution >= 0.6 is 0 Å². The minimum Gasteiger partial charge on any atom is -0.550 e. The zero-order chi connectivity index (χ0) is 12.6. The summed E-state index contributed by atoms with van der Waals surface area (Å²) in [5.74, 6) is -5.98. The Morgan fingerprint density at radius 1 is 0.944 bits per heavy atom. The van der Waals surface area contributed by atoms with E-state index in [0.29, 0.717) is 0 Å². The van der Waals surface area contributed by atoms with Gasteiger partial charge in [-0.3, -0.25) is 0 Å². The van der Waals surface area contributed by atoms with Crippen LogP contribution in [0.3, 0.4) is 0 Å². The minimum atomic E-state index is -2.97. The van der Waals surface area contributed by atoms with Crippen LogP contribution in [0.15, 0.2) is 0 Å². The van der Waals surface area contributed by atoms with Crippen molar-refractivity contribution in [3.63, 3.8) is 0 Å². The summed E-state index contributed by atoms with van der Waals surface area (Å²) in [4.78, 5) is 30.0. The molecule has 0 spiro atoms. The molecule has 0 aliphatic heterocycles. The summed E-state index contributed by atoms with van der Waals surface area (Å²) in [5, 5.41) is 38.9. The summed E-state index contributed by atoms with van der Waals surface area (Å²) in [6.07, 6.45) is -2.72. The predicted molar refractivity (Wildman–Crippen MR) is 39.3 cm³/mol. The molecule has 88 valence electrons. The molecule has 0 fully saturated rings. The smallest absolute Gasteiger partial charge is 0.550 e. The first-order valence-corrected chi connectivity index (χ1v) is 3.69. The van der Waals surface area contributed by atoms with Crippen LogP contribution < -0.4 is 110 Å². The minimum absolute atomic E-state index is 0. The molecule has 0 bridgehead atoms. The molecule has 0 rings (SSSR count). The number of carbonyl (C=O) groups is 3. The first-order valence-electron chi connectivity index (χ1n) is 3.69. The summed E-state index contributed by atoms with van der Waals surface area (Å²) in [7, 11) is 1.50. The fourth-order valence-corrected chi connectivity index (χ4v) is 0.684. The first-order chi connectivity index (χ1) is 6.78. The van der Waals surface area contributed by atoms with Crippen molar-refractivity contribution < 1.29 is 123 Å². The van der Waals surface area contributed by atoms with Crippen LogP contribution in [0.5, 0.6) is 0 Å². The number of aliphatic carboxylic acids is 3. The molecule has 0 aliphatic rings. The Bertz CT molecular complexity index is 245. The molecule has 0 aromatic rings. The largest absolute Gasteiger partial charge is 1.00 e. The number of rotatable bonds is 5. The predicted octanol–water partition coefficient (Wildman–Crippen LogP) is -14.7. The maximum atomic E-state index is 10.1. The molecule has 11 heteroatoms. The van der Waals surface area contributed by atoms with E-state index >= 15 is 0 Å². The molecule has 0 unspecified atom stereocenters. The Hall–Kier alpha value is 1.33. The number of nitrogens with two attached hydrogens (primary N) is 1. The van der Waals surface area contributed by atoms with E-state index in [1.54, 1.807) is 0 Å². The first kappa shape index (κ1) is 31.6. The molecule has 0 aromatic heterocycles. The van der Waals surface area contributed by atoms with Gasteiger partial charge >= 0.3 is 88.7 Å². The van der Waals surface area contributed by atoms with Gasteiger partial charge in [-0.2, -0.15) is 0 Å².